The number of halogens is 1. The summed E-state index contributed by atoms with van der Waals surface area (Å²) < 4.78 is 13.5. The van der Waals surface area contributed by atoms with Crippen LogP contribution in [0.3, 0.4) is 0 Å². The Morgan fingerprint density at radius 1 is 1.28 bits per heavy atom. The van der Waals surface area contributed by atoms with Crippen molar-refractivity contribution in [3.8, 4) is 0 Å². The molecule has 0 aliphatic rings. The van der Waals surface area contributed by atoms with Gasteiger partial charge < -0.3 is 10.1 Å². The molecule has 2 aromatic rings. The van der Waals surface area contributed by atoms with Gasteiger partial charge in [-0.3, -0.25) is 4.79 Å². The normalized spacial score (nSPS) is 10.3. The lowest BCUT2D eigenvalue weighted by Crippen LogP contribution is -2.03. The van der Waals surface area contributed by atoms with Crippen LogP contribution in [-0.2, 0) is 0 Å². The van der Waals surface area contributed by atoms with Crippen molar-refractivity contribution < 1.29 is 19.1 Å². The minimum Gasteiger partial charge on any atom is -0.477 e. The number of aromatic amines is 1. The van der Waals surface area contributed by atoms with Crippen molar-refractivity contribution >= 4 is 11.8 Å². The quantitative estimate of drug-likeness (QED) is 0.818. The molecule has 0 aliphatic carbocycles. The Bertz CT molecular complexity index is 631. The number of carbonyl (C=O) groups excluding carboxylic acids is 1. The zero-order valence-electron chi connectivity index (χ0n) is 9.53. The van der Waals surface area contributed by atoms with Crippen LogP contribution in [0, 0.1) is 12.7 Å². The molecule has 0 bridgehead atoms. The topological polar surface area (TPSA) is 70.2 Å². The fraction of sp³-hybridized carbons (Fsp3) is 0.0769. The fourth-order valence-electron chi connectivity index (χ4n) is 1.62. The van der Waals surface area contributed by atoms with Crippen molar-refractivity contribution in [3.05, 3.63) is 58.7 Å². The number of rotatable bonds is 3. The molecule has 1 heterocycles. The Balaban J connectivity index is 2.41. The summed E-state index contributed by atoms with van der Waals surface area (Å²) in [5.74, 6) is -2.33. The lowest BCUT2D eigenvalue weighted by molar-refractivity contribution is 0.0691. The summed E-state index contributed by atoms with van der Waals surface area (Å²) in [4.78, 5) is 25.1. The zero-order valence-corrected chi connectivity index (χ0v) is 9.53. The summed E-state index contributed by atoms with van der Waals surface area (Å²) in [6, 6.07) is 5.40. The molecular weight excluding hydrogens is 237 g/mol. The number of aryl methyl sites for hydroxylation is 1. The maximum absolute atomic E-state index is 13.5. The van der Waals surface area contributed by atoms with E-state index in [4.69, 9.17) is 5.11 Å². The highest BCUT2D eigenvalue weighted by Gasteiger charge is 2.17. The molecule has 1 aromatic heterocycles. The molecule has 0 radical (unpaired) electrons. The number of aromatic carboxylic acids is 1. The standard InChI is InChI=1S/C13H10FNO3/c1-7-2-3-10(14)9(4-7)12(16)8-5-11(13(17)18)15-6-8/h2-6,15H,1H3,(H,17,18). The molecule has 5 heteroatoms. The van der Waals surface area contributed by atoms with E-state index in [1.807, 2.05) is 0 Å². The van der Waals surface area contributed by atoms with Crippen molar-refractivity contribution in [2.75, 3.05) is 0 Å². The van der Waals surface area contributed by atoms with Gasteiger partial charge in [-0.05, 0) is 25.1 Å². The summed E-state index contributed by atoms with van der Waals surface area (Å²) in [6.45, 7) is 1.75. The number of carboxylic acids is 1. The van der Waals surface area contributed by atoms with Gasteiger partial charge in [-0.25, -0.2) is 9.18 Å². The molecule has 0 atom stereocenters. The lowest BCUT2D eigenvalue weighted by Gasteiger charge is -2.01. The van der Waals surface area contributed by atoms with Crippen molar-refractivity contribution in [3.63, 3.8) is 0 Å². The van der Waals surface area contributed by atoms with Crippen molar-refractivity contribution in [2.24, 2.45) is 0 Å². The number of hydrogen-bond donors (Lipinski definition) is 2. The second-order valence-electron chi connectivity index (χ2n) is 3.92. The van der Waals surface area contributed by atoms with Gasteiger partial charge in [0.25, 0.3) is 0 Å². The van der Waals surface area contributed by atoms with E-state index in [1.165, 1.54) is 24.4 Å². The SMILES string of the molecule is Cc1ccc(F)c(C(=O)c2c[nH]c(C(=O)O)c2)c1. The maximum Gasteiger partial charge on any atom is 0.352 e. The number of benzene rings is 1. The third-order valence-corrected chi connectivity index (χ3v) is 2.54. The van der Waals surface area contributed by atoms with Crippen molar-refractivity contribution in [1.29, 1.82) is 0 Å². The van der Waals surface area contributed by atoms with Gasteiger partial charge in [0.05, 0.1) is 5.56 Å². The summed E-state index contributed by atoms with van der Waals surface area (Å²) in [7, 11) is 0. The van der Waals surface area contributed by atoms with Crippen LogP contribution >= 0.6 is 0 Å². The number of carbonyl (C=O) groups is 2. The number of H-pyrrole nitrogens is 1. The summed E-state index contributed by atoms with van der Waals surface area (Å²) in [5.41, 5.74) is 0.711. The third-order valence-electron chi connectivity index (χ3n) is 2.54. The van der Waals surface area contributed by atoms with Crippen LogP contribution in [0.4, 0.5) is 4.39 Å². The predicted molar refractivity (Wildman–Crippen MR) is 62.3 cm³/mol. The van der Waals surface area contributed by atoms with Crippen molar-refractivity contribution in [1.82, 2.24) is 4.98 Å². The lowest BCUT2D eigenvalue weighted by atomic mass is 10.0. The van der Waals surface area contributed by atoms with Gasteiger partial charge in [-0.15, -0.1) is 0 Å². The smallest absolute Gasteiger partial charge is 0.352 e. The molecule has 0 amide bonds. The van der Waals surface area contributed by atoms with Gasteiger partial charge in [0, 0.05) is 11.8 Å². The second kappa shape index (κ2) is 4.44. The molecule has 0 aliphatic heterocycles. The number of ketones is 1. The summed E-state index contributed by atoms with van der Waals surface area (Å²) >= 11 is 0. The minimum absolute atomic E-state index is 0.0639. The molecule has 2 rings (SSSR count). The molecule has 0 spiro atoms. The monoisotopic (exact) mass is 247 g/mol. The van der Waals surface area contributed by atoms with Crippen LogP contribution in [-0.4, -0.2) is 21.8 Å². The Hall–Kier alpha value is -2.43. The highest BCUT2D eigenvalue weighted by Crippen LogP contribution is 2.16. The van der Waals surface area contributed by atoms with Crippen LogP contribution < -0.4 is 0 Å². The minimum atomic E-state index is -1.17. The summed E-state index contributed by atoms with van der Waals surface area (Å²) in [5, 5.41) is 8.73. The van der Waals surface area contributed by atoms with Gasteiger partial charge in [-0.2, -0.15) is 0 Å². The van der Waals surface area contributed by atoms with Gasteiger partial charge in [0.2, 0.25) is 0 Å². The van der Waals surface area contributed by atoms with E-state index >= 15 is 0 Å². The molecule has 92 valence electrons. The zero-order chi connectivity index (χ0) is 13.3. The van der Waals surface area contributed by atoms with E-state index < -0.39 is 17.6 Å². The summed E-state index contributed by atoms with van der Waals surface area (Å²) in [6.07, 6.45) is 1.26. The second-order valence-corrected chi connectivity index (χ2v) is 3.92. The number of aromatic nitrogens is 1. The highest BCUT2D eigenvalue weighted by molar-refractivity contribution is 6.10. The van der Waals surface area contributed by atoms with Gasteiger partial charge in [0.1, 0.15) is 11.5 Å². The molecule has 0 unspecified atom stereocenters. The fourth-order valence-corrected chi connectivity index (χ4v) is 1.62. The first-order chi connectivity index (χ1) is 8.49. The maximum atomic E-state index is 13.5. The van der Waals surface area contributed by atoms with Crippen LogP contribution in [0.1, 0.15) is 32.0 Å². The van der Waals surface area contributed by atoms with E-state index in [0.717, 1.165) is 5.56 Å². The number of nitrogens with one attached hydrogen (secondary N) is 1. The number of hydrogen-bond acceptors (Lipinski definition) is 2. The van der Waals surface area contributed by atoms with E-state index in [2.05, 4.69) is 4.98 Å². The Labute approximate surface area is 102 Å². The molecule has 4 nitrogen and oxygen atoms in total. The van der Waals surface area contributed by atoms with Crippen LogP contribution in [0.15, 0.2) is 30.5 Å². The van der Waals surface area contributed by atoms with E-state index in [-0.39, 0.29) is 16.8 Å². The Morgan fingerprint density at radius 2 is 2.00 bits per heavy atom. The first-order valence-electron chi connectivity index (χ1n) is 5.21. The molecule has 0 fully saturated rings. The van der Waals surface area contributed by atoms with Crippen molar-refractivity contribution in [2.45, 2.75) is 6.92 Å². The van der Waals surface area contributed by atoms with Gasteiger partial charge in [0.15, 0.2) is 5.78 Å². The van der Waals surface area contributed by atoms with E-state index in [9.17, 15) is 14.0 Å². The first-order valence-corrected chi connectivity index (χ1v) is 5.21. The van der Waals surface area contributed by atoms with Crippen LogP contribution in [0.2, 0.25) is 0 Å². The van der Waals surface area contributed by atoms with Gasteiger partial charge >= 0.3 is 5.97 Å². The molecule has 2 N–H and O–H groups in total. The van der Waals surface area contributed by atoms with Crippen LogP contribution in [0.5, 0.6) is 0 Å². The molecule has 0 saturated heterocycles. The van der Waals surface area contributed by atoms with E-state index in [1.54, 1.807) is 13.0 Å². The van der Waals surface area contributed by atoms with E-state index in [0.29, 0.717) is 0 Å². The average Bonchev–Trinajstić information content (AvgIpc) is 2.81. The molecule has 0 saturated carbocycles. The Kier molecular flexibility index (Phi) is 2.97. The largest absolute Gasteiger partial charge is 0.477 e. The average molecular weight is 247 g/mol. The molecule has 1 aromatic carbocycles. The number of carboxylic acid groups (broad SMARTS) is 1. The Morgan fingerprint density at radius 3 is 2.61 bits per heavy atom. The van der Waals surface area contributed by atoms with Crippen LogP contribution in [0.25, 0.3) is 0 Å². The third kappa shape index (κ3) is 2.15. The molecule has 18 heavy (non-hydrogen) atoms. The highest BCUT2D eigenvalue weighted by atomic mass is 19.1. The molecular formula is C13H10FNO3. The first kappa shape index (κ1) is 12.0. The van der Waals surface area contributed by atoms with Gasteiger partial charge in [-0.1, -0.05) is 11.6 Å². The predicted octanol–water partition coefficient (Wildman–Crippen LogP) is 2.39.